The van der Waals surface area contributed by atoms with Crippen LogP contribution >= 0.6 is 11.6 Å². The number of hydrogen-bond acceptors (Lipinski definition) is 5. The highest BCUT2D eigenvalue weighted by atomic mass is 35.5. The third-order valence-electron chi connectivity index (χ3n) is 3.52. The average Bonchev–Trinajstić information content (AvgIpc) is 2.86. The molecule has 1 aliphatic heterocycles. The summed E-state index contributed by atoms with van der Waals surface area (Å²) in [6.45, 7) is 0. The number of halogens is 1. The summed E-state index contributed by atoms with van der Waals surface area (Å²) in [6.07, 6.45) is 11.0. The van der Waals surface area contributed by atoms with Gasteiger partial charge in [0.2, 0.25) is 0 Å². The highest BCUT2D eigenvalue weighted by Crippen LogP contribution is 2.24. The molecule has 0 radical (unpaired) electrons. The Labute approximate surface area is 142 Å². The van der Waals surface area contributed by atoms with Crippen LogP contribution in [0.3, 0.4) is 0 Å². The van der Waals surface area contributed by atoms with E-state index in [1.807, 2.05) is 24.6 Å². The normalized spacial score (nSPS) is 13.8. The van der Waals surface area contributed by atoms with Crippen LogP contribution < -0.4 is 10.5 Å². The molecule has 1 aliphatic rings. The summed E-state index contributed by atoms with van der Waals surface area (Å²) in [6, 6.07) is 5.53. The van der Waals surface area contributed by atoms with Crippen LogP contribution in [0.4, 0.5) is 11.4 Å². The highest BCUT2D eigenvalue weighted by Gasteiger charge is 2.15. The molecule has 0 spiro atoms. The maximum atomic E-state index is 12.5. The minimum atomic E-state index is -0.506. The Balaban J connectivity index is 2.01. The SMILES string of the molecule is O=c1c(Cl)c(N2C=CCCC=C2)cnn1-c1ccc([N+](=O)[O-])cc1. The van der Waals surface area contributed by atoms with Crippen molar-refractivity contribution < 1.29 is 4.92 Å². The number of aromatic nitrogens is 2. The molecule has 0 aliphatic carbocycles. The van der Waals surface area contributed by atoms with Crippen molar-refractivity contribution in [3.8, 4) is 5.69 Å². The van der Waals surface area contributed by atoms with Crippen LogP contribution in [0.25, 0.3) is 5.69 Å². The van der Waals surface area contributed by atoms with Crippen molar-refractivity contribution >= 4 is 23.0 Å². The molecule has 1 aromatic carbocycles. The van der Waals surface area contributed by atoms with Gasteiger partial charge in [-0.3, -0.25) is 14.9 Å². The van der Waals surface area contributed by atoms with Gasteiger partial charge >= 0.3 is 0 Å². The molecule has 2 aromatic rings. The number of non-ortho nitro benzene ring substituents is 1. The number of nitro groups is 1. The maximum Gasteiger partial charge on any atom is 0.292 e. The Morgan fingerprint density at radius 3 is 2.33 bits per heavy atom. The summed E-state index contributed by atoms with van der Waals surface area (Å²) >= 11 is 6.23. The van der Waals surface area contributed by atoms with E-state index < -0.39 is 10.5 Å². The van der Waals surface area contributed by atoms with Gasteiger partial charge in [-0.25, -0.2) is 0 Å². The molecule has 0 bridgehead atoms. The zero-order valence-electron chi connectivity index (χ0n) is 12.5. The molecule has 2 heterocycles. The number of anilines is 1. The molecule has 1 aromatic heterocycles. The predicted octanol–water partition coefficient (Wildman–Crippen LogP) is 3.42. The number of rotatable bonds is 3. The Bertz CT molecular complexity index is 873. The summed E-state index contributed by atoms with van der Waals surface area (Å²) in [5.74, 6) is 0. The van der Waals surface area contributed by atoms with Gasteiger partial charge in [0.15, 0.2) is 0 Å². The Morgan fingerprint density at radius 2 is 1.75 bits per heavy atom. The number of nitrogens with zero attached hydrogens (tertiary/aromatic N) is 4. The number of allylic oxidation sites excluding steroid dienone is 2. The largest absolute Gasteiger partial charge is 0.322 e. The molecule has 7 nitrogen and oxygen atoms in total. The van der Waals surface area contributed by atoms with Gasteiger partial charge in [-0.15, -0.1) is 0 Å². The van der Waals surface area contributed by atoms with E-state index in [0.717, 1.165) is 17.5 Å². The van der Waals surface area contributed by atoms with E-state index >= 15 is 0 Å². The molecule has 3 rings (SSSR count). The lowest BCUT2D eigenvalue weighted by molar-refractivity contribution is -0.384. The number of hydrogen-bond donors (Lipinski definition) is 0. The van der Waals surface area contributed by atoms with E-state index in [1.165, 1.54) is 30.5 Å². The van der Waals surface area contributed by atoms with Crippen LogP contribution in [0.1, 0.15) is 12.8 Å². The third-order valence-corrected chi connectivity index (χ3v) is 3.87. The average molecular weight is 345 g/mol. The number of nitro benzene ring substituents is 1. The van der Waals surface area contributed by atoms with Gasteiger partial charge in [-0.05, 0) is 25.0 Å². The highest BCUT2D eigenvalue weighted by molar-refractivity contribution is 6.33. The van der Waals surface area contributed by atoms with Crippen molar-refractivity contribution in [1.29, 1.82) is 0 Å². The minimum absolute atomic E-state index is 0.0274. The molecule has 0 saturated carbocycles. The molecule has 8 heteroatoms. The first-order chi connectivity index (χ1) is 11.6. The summed E-state index contributed by atoms with van der Waals surface area (Å²) in [7, 11) is 0. The molecule has 24 heavy (non-hydrogen) atoms. The lowest BCUT2D eigenvalue weighted by atomic mass is 10.3. The molecule has 0 saturated heterocycles. The molecule has 0 unspecified atom stereocenters. The molecular formula is C16H13ClN4O3. The Morgan fingerprint density at radius 1 is 1.12 bits per heavy atom. The zero-order chi connectivity index (χ0) is 17.1. The van der Waals surface area contributed by atoms with Gasteiger partial charge in [0.25, 0.3) is 11.2 Å². The first-order valence-corrected chi connectivity index (χ1v) is 7.60. The lowest BCUT2D eigenvalue weighted by Gasteiger charge is -2.16. The van der Waals surface area contributed by atoms with Crippen LogP contribution in [0.5, 0.6) is 0 Å². The van der Waals surface area contributed by atoms with E-state index in [2.05, 4.69) is 5.10 Å². The van der Waals surface area contributed by atoms with Gasteiger partial charge < -0.3 is 4.90 Å². The second-order valence-corrected chi connectivity index (χ2v) is 5.47. The molecule has 0 amide bonds. The van der Waals surface area contributed by atoms with E-state index in [1.54, 1.807) is 4.90 Å². The van der Waals surface area contributed by atoms with Crippen molar-refractivity contribution in [1.82, 2.24) is 9.78 Å². The van der Waals surface area contributed by atoms with Crippen LogP contribution in [0.2, 0.25) is 5.02 Å². The van der Waals surface area contributed by atoms with Gasteiger partial charge in [-0.1, -0.05) is 23.8 Å². The molecule has 122 valence electrons. The Hall–Kier alpha value is -2.93. The summed E-state index contributed by atoms with van der Waals surface area (Å²) in [5.41, 5.74) is 0.332. The smallest absolute Gasteiger partial charge is 0.292 e. The molecule has 0 fully saturated rings. The molecular weight excluding hydrogens is 332 g/mol. The van der Waals surface area contributed by atoms with E-state index in [9.17, 15) is 14.9 Å². The molecule has 0 atom stereocenters. The van der Waals surface area contributed by atoms with Crippen molar-refractivity contribution in [2.75, 3.05) is 4.90 Å². The Kier molecular flexibility index (Phi) is 4.43. The van der Waals surface area contributed by atoms with Crippen molar-refractivity contribution in [2.45, 2.75) is 12.8 Å². The first-order valence-electron chi connectivity index (χ1n) is 7.22. The fraction of sp³-hybridized carbons (Fsp3) is 0.125. The van der Waals surface area contributed by atoms with Gasteiger partial charge in [0.1, 0.15) is 5.02 Å². The van der Waals surface area contributed by atoms with Crippen LogP contribution in [0.15, 0.2) is 59.8 Å². The second kappa shape index (κ2) is 6.67. The third kappa shape index (κ3) is 3.07. The first kappa shape index (κ1) is 15.9. The van der Waals surface area contributed by atoms with E-state index in [0.29, 0.717) is 11.4 Å². The van der Waals surface area contributed by atoms with Crippen molar-refractivity contribution in [2.24, 2.45) is 0 Å². The summed E-state index contributed by atoms with van der Waals surface area (Å²) < 4.78 is 1.11. The van der Waals surface area contributed by atoms with Gasteiger partial charge in [0.05, 0.1) is 22.5 Å². The standard InChI is InChI=1S/C16H13ClN4O3/c17-15-14(19-9-3-1-2-4-10-19)11-18-20(16(15)22)12-5-7-13(8-6-12)21(23)24/h3-11H,1-2H2. The lowest BCUT2D eigenvalue weighted by Crippen LogP contribution is -2.24. The van der Waals surface area contributed by atoms with Crippen LogP contribution in [0, 0.1) is 10.1 Å². The quantitative estimate of drug-likeness (QED) is 0.629. The van der Waals surface area contributed by atoms with Crippen LogP contribution in [-0.4, -0.2) is 14.7 Å². The fourth-order valence-corrected chi connectivity index (χ4v) is 2.51. The second-order valence-electron chi connectivity index (χ2n) is 5.09. The van der Waals surface area contributed by atoms with Crippen LogP contribution in [-0.2, 0) is 0 Å². The fourth-order valence-electron chi connectivity index (χ4n) is 2.28. The van der Waals surface area contributed by atoms with E-state index in [-0.39, 0.29) is 10.7 Å². The van der Waals surface area contributed by atoms with Crippen molar-refractivity contribution in [3.63, 3.8) is 0 Å². The topological polar surface area (TPSA) is 81.3 Å². The number of benzene rings is 1. The van der Waals surface area contributed by atoms with E-state index in [4.69, 9.17) is 11.6 Å². The van der Waals surface area contributed by atoms with Gasteiger partial charge in [0, 0.05) is 24.5 Å². The minimum Gasteiger partial charge on any atom is -0.322 e. The van der Waals surface area contributed by atoms with Gasteiger partial charge in [-0.2, -0.15) is 9.78 Å². The predicted molar refractivity (Wildman–Crippen MR) is 91.5 cm³/mol. The zero-order valence-corrected chi connectivity index (χ0v) is 13.3. The summed E-state index contributed by atoms with van der Waals surface area (Å²) in [5, 5.41) is 14.9. The van der Waals surface area contributed by atoms with Crippen molar-refractivity contribution in [3.05, 3.63) is 80.5 Å². The summed E-state index contributed by atoms with van der Waals surface area (Å²) in [4.78, 5) is 24.4. The molecule has 0 N–H and O–H groups in total. The maximum absolute atomic E-state index is 12.5. The monoisotopic (exact) mass is 344 g/mol.